The average Bonchev–Trinajstić information content (AvgIpc) is 2.78. The minimum atomic E-state index is -0.516. The number of halogens is 2. The normalized spacial score (nSPS) is 15.4. The van der Waals surface area contributed by atoms with Crippen LogP contribution < -0.4 is 9.64 Å². The van der Waals surface area contributed by atoms with Crippen molar-refractivity contribution in [1.29, 1.82) is 0 Å². The molecule has 154 valence electrons. The van der Waals surface area contributed by atoms with Crippen LogP contribution in [0.5, 0.6) is 5.75 Å². The van der Waals surface area contributed by atoms with Gasteiger partial charge in [-0.05, 0) is 58.1 Å². The quantitative estimate of drug-likeness (QED) is 0.441. The molecule has 0 spiro atoms. The number of methoxy groups -OCH3 is 1. The predicted molar refractivity (Wildman–Crippen MR) is 117 cm³/mol. The van der Waals surface area contributed by atoms with Crippen molar-refractivity contribution in [3.05, 3.63) is 93.7 Å². The molecule has 0 N–H and O–H groups in total. The number of aryl methyl sites for hydroxylation is 1. The summed E-state index contributed by atoms with van der Waals surface area (Å²) in [5.74, 6) is 0.264. The summed E-state index contributed by atoms with van der Waals surface area (Å²) >= 11 is 3.25. The second-order valence-electron chi connectivity index (χ2n) is 7.10. The van der Waals surface area contributed by atoms with Crippen molar-refractivity contribution < 1.29 is 18.7 Å². The third-order valence-corrected chi connectivity index (χ3v) is 5.89. The largest absolute Gasteiger partial charge is 0.496 e. The van der Waals surface area contributed by atoms with E-state index in [1.807, 2.05) is 54.6 Å². The molecule has 0 saturated heterocycles. The van der Waals surface area contributed by atoms with Crippen molar-refractivity contribution >= 4 is 27.7 Å². The number of para-hydroxylation sites is 1. The number of amides is 1. The minimum Gasteiger partial charge on any atom is -0.496 e. The fraction of sp³-hybridized carbons (Fsp3) is 0.208. The molecule has 0 aromatic heterocycles. The maximum absolute atomic E-state index is 14.4. The Morgan fingerprint density at radius 1 is 1.13 bits per heavy atom. The second kappa shape index (κ2) is 8.88. The van der Waals surface area contributed by atoms with Crippen LogP contribution in [0, 0.1) is 5.82 Å². The van der Waals surface area contributed by atoms with Gasteiger partial charge in [0, 0.05) is 5.56 Å². The molecule has 0 radical (unpaired) electrons. The third-order valence-electron chi connectivity index (χ3n) is 5.28. The van der Waals surface area contributed by atoms with Gasteiger partial charge in [0.15, 0.2) is 0 Å². The van der Waals surface area contributed by atoms with E-state index in [1.165, 1.54) is 6.07 Å². The van der Waals surface area contributed by atoms with Gasteiger partial charge in [0.05, 0.1) is 23.3 Å². The highest BCUT2D eigenvalue weighted by atomic mass is 79.9. The van der Waals surface area contributed by atoms with Gasteiger partial charge in [-0.1, -0.05) is 48.5 Å². The molecule has 4 rings (SSSR count). The molecule has 0 bridgehead atoms. The number of ether oxygens (including phenoxy) is 2. The molecule has 1 unspecified atom stereocenters. The van der Waals surface area contributed by atoms with E-state index in [1.54, 1.807) is 18.1 Å². The standard InChI is InChI=1S/C24H21BrFNO3/c1-29-23-10-6-5-9-18(23)21-12-11-17-13-19(25)20(26)14-22(17)27(21)24(28)30-15-16-7-3-2-4-8-16/h2-10,13-14,21H,11-12,15H2,1H3. The van der Waals surface area contributed by atoms with E-state index in [9.17, 15) is 9.18 Å². The maximum Gasteiger partial charge on any atom is 0.415 e. The van der Waals surface area contributed by atoms with E-state index in [0.29, 0.717) is 28.8 Å². The first-order valence-electron chi connectivity index (χ1n) is 9.69. The van der Waals surface area contributed by atoms with Crippen LogP contribution in [-0.4, -0.2) is 13.2 Å². The smallest absolute Gasteiger partial charge is 0.415 e. The number of hydrogen-bond acceptors (Lipinski definition) is 3. The van der Waals surface area contributed by atoms with Gasteiger partial charge < -0.3 is 9.47 Å². The van der Waals surface area contributed by atoms with Crippen molar-refractivity contribution in [1.82, 2.24) is 0 Å². The molecule has 0 saturated carbocycles. The fourth-order valence-electron chi connectivity index (χ4n) is 3.84. The number of rotatable bonds is 4. The van der Waals surface area contributed by atoms with E-state index in [2.05, 4.69) is 15.9 Å². The number of carbonyl (C=O) groups excluding carboxylic acids is 1. The molecule has 1 aliphatic heterocycles. The van der Waals surface area contributed by atoms with Gasteiger partial charge in [-0.3, -0.25) is 4.90 Å². The molecule has 1 amide bonds. The van der Waals surface area contributed by atoms with Gasteiger partial charge in [-0.15, -0.1) is 0 Å². The highest BCUT2D eigenvalue weighted by Gasteiger charge is 2.35. The van der Waals surface area contributed by atoms with Crippen molar-refractivity contribution in [3.8, 4) is 5.75 Å². The van der Waals surface area contributed by atoms with Crippen molar-refractivity contribution in [2.75, 3.05) is 12.0 Å². The number of carbonyl (C=O) groups is 1. The van der Waals surface area contributed by atoms with Crippen LogP contribution in [0.3, 0.4) is 0 Å². The minimum absolute atomic E-state index is 0.142. The summed E-state index contributed by atoms with van der Waals surface area (Å²) < 4.78 is 26.0. The lowest BCUT2D eigenvalue weighted by Gasteiger charge is -2.37. The third kappa shape index (κ3) is 4.05. The average molecular weight is 470 g/mol. The summed E-state index contributed by atoms with van der Waals surface area (Å²) in [5.41, 5.74) is 3.17. The van der Waals surface area contributed by atoms with Crippen LogP contribution in [0.15, 0.2) is 71.2 Å². The van der Waals surface area contributed by atoms with Gasteiger partial charge in [0.25, 0.3) is 0 Å². The summed E-state index contributed by atoms with van der Waals surface area (Å²) in [5, 5.41) is 0. The van der Waals surface area contributed by atoms with Crippen molar-refractivity contribution in [3.63, 3.8) is 0 Å². The molecular weight excluding hydrogens is 449 g/mol. The summed E-state index contributed by atoms with van der Waals surface area (Å²) in [6.07, 6.45) is 0.864. The molecule has 3 aromatic rings. The Morgan fingerprint density at radius 3 is 2.63 bits per heavy atom. The Bertz CT molecular complexity index is 1060. The first-order valence-corrected chi connectivity index (χ1v) is 10.5. The Labute approximate surface area is 183 Å². The molecule has 0 aliphatic carbocycles. The predicted octanol–water partition coefficient (Wildman–Crippen LogP) is 6.43. The van der Waals surface area contributed by atoms with Gasteiger partial charge in [-0.25, -0.2) is 9.18 Å². The molecule has 3 aromatic carbocycles. The van der Waals surface area contributed by atoms with E-state index in [4.69, 9.17) is 9.47 Å². The van der Waals surface area contributed by atoms with Crippen LogP contribution in [0.2, 0.25) is 0 Å². The van der Waals surface area contributed by atoms with Gasteiger partial charge >= 0.3 is 6.09 Å². The van der Waals surface area contributed by atoms with E-state index in [0.717, 1.165) is 16.7 Å². The van der Waals surface area contributed by atoms with E-state index < -0.39 is 11.9 Å². The lowest BCUT2D eigenvalue weighted by molar-refractivity contribution is 0.143. The molecule has 0 fully saturated rings. The molecule has 1 atom stereocenters. The number of nitrogens with zero attached hydrogens (tertiary/aromatic N) is 1. The first kappa shape index (κ1) is 20.4. The van der Waals surface area contributed by atoms with Gasteiger partial charge in [0.1, 0.15) is 18.2 Å². The summed E-state index contributed by atoms with van der Waals surface area (Å²) in [6, 6.07) is 19.9. The molecule has 1 aliphatic rings. The summed E-state index contributed by atoms with van der Waals surface area (Å²) in [7, 11) is 1.60. The lowest BCUT2D eigenvalue weighted by atomic mass is 9.91. The zero-order valence-corrected chi connectivity index (χ0v) is 18.1. The van der Waals surface area contributed by atoms with Crippen molar-refractivity contribution in [2.24, 2.45) is 0 Å². The zero-order chi connectivity index (χ0) is 21.1. The summed E-state index contributed by atoms with van der Waals surface area (Å²) in [4.78, 5) is 14.8. The lowest BCUT2D eigenvalue weighted by Crippen LogP contribution is -2.39. The highest BCUT2D eigenvalue weighted by Crippen LogP contribution is 2.43. The second-order valence-corrected chi connectivity index (χ2v) is 7.96. The molecule has 1 heterocycles. The molecule has 6 heteroatoms. The van der Waals surface area contributed by atoms with E-state index >= 15 is 0 Å². The fourth-order valence-corrected chi connectivity index (χ4v) is 4.23. The summed E-state index contributed by atoms with van der Waals surface area (Å²) in [6.45, 7) is 0.142. The number of fused-ring (bicyclic) bond motifs is 1. The zero-order valence-electron chi connectivity index (χ0n) is 16.5. The molecule has 4 nitrogen and oxygen atoms in total. The number of anilines is 1. The topological polar surface area (TPSA) is 38.8 Å². The Balaban J connectivity index is 1.72. The van der Waals surface area contributed by atoms with Crippen LogP contribution in [0.1, 0.15) is 29.2 Å². The number of hydrogen-bond donors (Lipinski definition) is 0. The SMILES string of the molecule is COc1ccccc1C1CCc2cc(Br)c(F)cc2N1C(=O)OCc1ccccc1. The highest BCUT2D eigenvalue weighted by molar-refractivity contribution is 9.10. The van der Waals surface area contributed by atoms with Crippen LogP contribution in [-0.2, 0) is 17.8 Å². The van der Waals surface area contributed by atoms with Crippen LogP contribution >= 0.6 is 15.9 Å². The van der Waals surface area contributed by atoms with Crippen LogP contribution in [0.25, 0.3) is 0 Å². The maximum atomic E-state index is 14.4. The van der Waals surface area contributed by atoms with Crippen LogP contribution in [0.4, 0.5) is 14.9 Å². The molecular formula is C24H21BrFNO3. The van der Waals surface area contributed by atoms with Gasteiger partial charge in [0.2, 0.25) is 0 Å². The van der Waals surface area contributed by atoms with Crippen molar-refractivity contribution in [2.45, 2.75) is 25.5 Å². The Hall–Kier alpha value is -2.86. The first-order chi connectivity index (χ1) is 14.6. The van der Waals surface area contributed by atoms with E-state index in [-0.39, 0.29) is 12.6 Å². The van der Waals surface area contributed by atoms with Gasteiger partial charge in [-0.2, -0.15) is 0 Å². The molecule has 30 heavy (non-hydrogen) atoms. The Kier molecular flexibility index (Phi) is 6.04. The number of benzene rings is 3. The Morgan fingerprint density at radius 2 is 1.87 bits per heavy atom. The monoisotopic (exact) mass is 469 g/mol.